The van der Waals surface area contributed by atoms with E-state index in [-0.39, 0.29) is 5.91 Å². The second-order valence-corrected chi connectivity index (χ2v) is 7.23. The minimum absolute atomic E-state index is 0.0673. The first-order valence-electron chi connectivity index (χ1n) is 7.53. The first-order valence-corrected chi connectivity index (χ1v) is 8.35. The van der Waals surface area contributed by atoms with Crippen LogP contribution in [0.1, 0.15) is 29.4 Å². The lowest BCUT2D eigenvalue weighted by atomic mass is 9.82. The zero-order chi connectivity index (χ0) is 15.0. The number of nitrogens with two attached hydrogens (primary N) is 1. The van der Waals surface area contributed by atoms with Gasteiger partial charge in [-0.25, -0.2) is 4.98 Å². The third-order valence-corrected chi connectivity index (χ3v) is 5.46. The maximum absolute atomic E-state index is 12.3. The van der Waals surface area contributed by atoms with E-state index >= 15 is 0 Å². The van der Waals surface area contributed by atoms with Crippen molar-refractivity contribution < 1.29 is 4.79 Å². The third-order valence-electron chi connectivity index (χ3n) is 4.33. The van der Waals surface area contributed by atoms with Gasteiger partial charge >= 0.3 is 0 Å². The summed E-state index contributed by atoms with van der Waals surface area (Å²) in [6, 6.07) is 0.307. The number of nitrogens with one attached hydrogen (secondary N) is 1. The van der Waals surface area contributed by atoms with Crippen LogP contribution in [-0.4, -0.2) is 55.1 Å². The number of carbonyl (C=O) groups is 1. The van der Waals surface area contributed by atoms with Crippen LogP contribution >= 0.6 is 11.3 Å². The molecule has 2 heterocycles. The zero-order valence-corrected chi connectivity index (χ0v) is 13.4. The van der Waals surface area contributed by atoms with E-state index in [9.17, 15) is 4.79 Å². The number of nitrogen functional groups attached to an aromatic ring is 1. The van der Waals surface area contributed by atoms with E-state index in [1.54, 1.807) is 0 Å². The number of carbonyl (C=O) groups excluding carboxylic acids is 1. The Labute approximate surface area is 129 Å². The summed E-state index contributed by atoms with van der Waals surface area (Å²) < 4.78 is 0. The van der Waals surface area contributed by atoms with E-state index in [0.717, 1.165) is 50.1 Å². The summed E-state index contributed by atoms with van der Waals surface area (Å²) in [6.07, 6.45) is 2.13. The molecule has 3 rings (SSSR count). The summed E-state index contributed by atoms with van der Waals surface area (Å²) in [5.41, 5.74) is 5.94. The lowest BCUT2D eigenvalue weighted by molar-refractivity contribution is 0.0901. The minimum atomic E-state index is -0.0673. The fraction of sp³-hybridized carbons (Fsp3) is 0.714. The number of piperazine rings is 1. The molecule has 3 N–H and O–H groups in total. The van der Waals surface area contributed by atoms with Gasteiger partial charge < -0.3 is 20.9 Å². The van der Waals surface area contributed by atoms with Gasteiger partial charge in [0, 0.05) is 32.2 Å². The van der Waals surface area contributed by atoms with Gasteiger partial charge in [-0.2, -0.15) is 0 Å². The smallest absolute Gasteiger partial charge is 0.265 e. The molecule has 0 spiro atoms. The molecule has 0 atom stereocenters. The lowest BCUT2D eigenvalue weighted by Gasteiger charge is -2.33. The van der Waals surface area contributed by atoms with Gasteiger partial charge in [0.25, 0.3) is 5.91 Å². The summed E-state index contributed by atoms with van der Waals surface area (Å²) >= 11 is 1.41. The molecule has 1 aromatic heterocycles. The van der Waals surface area contributed by atoms with Crippen LogP contribution in [0.3, 0.4) is 0 Å². The molecule has 7 heteroatoms. The second-order valence-electron chi connectivity index (χ2n) is 6.25. The van der Waals surface area contributed by atoms with Crippen LogP contribution in [0, 0.1) is 5.92 Å². The summed E-state index contributed by atoms with van der Waals surface area (Å²) in [6.45, 7) is 6.10. The van der Waals surface area contributed by atoms with E-state index in [2.05, 4.69) is 34.1 Å². The molecular formula is C14H23N5OS. The Morgan fingerprint density at radius 1 is 1.33 bits per heavy atom. The van der Waals surface area contributed by atoms with Gasteiger partial charge in [-0.05, 0) is 25.8 Å². The summed E-state index contributed by atoms with van der Waals surface area (Å²) in [4.78, 5) is 21.7. The summed E-state index contributed by atoms with van der Waals surface area (Å²) in [5, 5.41) is 3.92. The first kappa shape index (κ1) is 14.6. The number of rotatable bonds is 3. The molecule has 2 fully saturated rings. The van der Waals surface area contributed by atoms with Crippen LogP contribution < -0.4 is 16.0 Å². The van der Waals surface area contributed by atoms with Crippen molar-refractivity contribution in [2.45, 2.75) is 25.8 Å². The second kappa shape index (κ2) is 5.81. The van der Waals surface area contributed by atoms with Crippen LogP contribution in [0.25, 0.3) is 0 Å². The Hall–Kier alpha value is -1.34. The molecule has 0 radical (unpaired) electrons. The van der Waals surface area contributed by atoms with Crippen molar-refractivity contribution in [2.75, 3.05) is 43.9 Å². The molecule has 0 aromatic carbocycles. The molecule has 1 aromatic rings. The molecule has 1 aliphatic heterocycles. The Kier molecular flexibility index (Phi) is 4.03. The quantitative estimate of drug-likeness (QED) is 0.871. The molecule has 21 heavy (non-hydrogen) atoms. The van der Waals surface area contributed by atoms with Crippen LogP contribution in [0.4, 0.5) is 10.9 Å². The monoisotopic (exact) mass is 309 g/mol. The molecule has 2 aliphatic rings. The maximum atomic E-state index is 12.3. The topological polar surface area (TPSA) is 74.5 Å². The van der Waals surface area contributed by atoms with Gasteiger partial charge in [-0.3, -0.25) is 4.79 Å². The highest BCUT2D eigenvalue weighted by molar-refractivity contribution is 7.18. The zero-order valence-electron chi connectivity index (χ0n) is 12.6. The van der Waals surface area contributed by atoms with Gasteiger partial charge in [-0.15, -0.1) is 0 Å². The Bertz CT molecular complexity index is 517. The van der Waals surface area contributed by atoms with Gasteiger partial charge in [-0.1, -0.05) is 18.3 Å². The minimum Gasteiger partial charge on any atom is -0.382 e. The molecule has 116 valence electrons. The predicted molar refractivity (Wildman–Crippen MR) is 85.9 cm³/mol. The number of anilines is 2. The summed E-state index contributed by atoms with van der Waals surface area (Å²) in [7, 11) is 2.12. The van der Waals surface area contributed by atoms with Gasteiger partial charge in [0.15, 0.2) is 5.13 Å². The molecule has 1 aliphatic carbocycles. The number of hydrogen-bond acceptors (Lipinski definition) is 6. The van der Waals surface area contributed by atoms with Crippen LogP contribution in [0.15, 0.2) is 0 Å². The molecule has 1 saturated heterocycles. The van der Waals surface area contributed by atoms with Gasteiger partial charge in [0.2, 0.25) is 0 Å². The average molecular weight is 309 g/mol. The van der Waals surface area contributed by atoms with Crippen LogP contribution in [-0.2, 0) is 0 Å². The van der Waals surface area contributed by atoms with Crippen LogP contribution in [0.2, 0.25) is 0 Å². The van der Waals surface area contributed by atoms with Crippen molar-refractivity contribution in [1.29, 1.82) is 0 Å². The predicted octanol–water partition coefficient (Wildman–Crippen LogP) is 1.01. The molecule has 6 nitrogen and oxygen atoms in total. The molecule has 0 unspecified atom stereocenters. The fourth-order valence-corrected chi connectivity index (χ4v) is 3.83. The maximum Gasteiger partial charge on any atom is 0.265 e. The number of aromatic nitrogens is 1. The van der Waals surface area contributed by atoms with Crippen LogP contribution in [0.5, 0.6) is 0 Å². The lowest BCUT2D eigenvalue weighted by Crippen LogP contribution is -2.44. The van der Waals surface area contributed by atoms with E-state index < -0.39 is 0 Å². The van der Waals surface area contributed by atoms with Crippen molar-refractivity contribution in [3.05, 3.63) is 4.88 Å². The van der Waals surface area contributed by atoms with Gasteiger partial charge in [0.05, 0.1) is 0 Å². The third kappa shape index (κ3) is 3.13. The van der Waals surface area contributed by atoms with Gasteiger partial charge in [0.1, 0.15) is 10.7 Å². The van der Waals surface area contributed by atoms with E-state index in [0.29, 0.717) is 16.7 Å². The number of amides is 1. The fourth-order valence-electron chi connectivity index (χ4n) is 2.89. The molecule has 1 amide bonds. The normalized spacial score (nSPS) is 26.5. The molecule has 1 saturated carbocycles. The Morgan fingerprint density at radius 2 is 2.00 bits per heavy atom. The Morgan fingerprint density at radius 3 is 2.62 bits per heavy atom. The van der Waals surface area contributed by atoms with Crippen molar-refractivity contribution in [2.24, 2.45) is 5.92 Å². The number of hydrogen-bond donors (Lipinski definition) is 2. The SMILES string of the molecule is CC1CC(NC(=O)c2sc(N3CCN(C)CC3)nc2N)C1. The van der Waals surface area contributed by atoms with E-state index in [4.69, 9.17) is 5.73 Å². The van der Waals surface area contributed by atoms with Crippen molar-refractivity contribution in [3.8, 4) is 0 Å². The summed E-state index contributed by atoms with van der Waals surface area (Å²) in [5.74, 6) is 1.01. The standard InChI is InChI=1S/C14H23N5OS/c1-9-7-10(8-9)16-13(20)11-12(15)17-14(21-11)19-5-3-18(2)4-6-19/h9-10H,3-8,15H2,1-2H3,(H,16,20). The van der Waals surface area contributed by atoms with E-state index in [1.165, 1.54) is 11.3 Å². The van der Waals surface area contributed by atoms with Crippen molar-refractivity contribution in [1.82, 2.24) is 15.2 Å². The van der Waals surface area contributed by atoms with Crippen molar-refractivity contribution in [3.63, 3.8) is 0 Å². The number of thiazole rings is 1. The number of nitrogens with zero attached hydrogens (tertiary/aromatic N) is 3. The largest absolute Gasteiger partial charge is 0.382 e. The highest BCUT2D eigenvalue weighted by atomic mass is 32.1. The Balaban J connectivity index is 1.65. The highest BCUT2D eigenvalue weighted by Crippen LogP contribution is 2.31. The molecule has 0 bridgehead atoms. The highest BCUT2D eigenvalue weighted by Gasteiger charge is 2.29. The average Bonchev–Trinajstić information content (AvgIpc) is 2.80. The van der Waals surface area contributed by atoms with Crippen molar-refractivity contribution >= 4 is 28.2 Å². The van der Waals surface area contributed by atoms with E-state index in [1.807, 2.05) is 0 Å². The first-order chi connectivity index (χ1) is 10.0. The number of likely N-dealkylation sites (N-methyl/N-ethyl adjacent to an activating group) is 1. The molecular weight excluding hydrogens is 286 g/mol.